The summed E-state index contributed by atoms with van der Waals surface area (Å²) in [7, 11) is -3.86. The molecule has 0 heterocycles. The number of aryl methyl sites for hydroxylation is 2. The van der Waals surface area contributed by atoms with Gasteiger partial charge in [-0.3, -0.25) is 4.79 Å². The van der Waals surface area contributed by atoms with Gasteiger partial charge in [0.25, 0.3) is 0 Å². The molecule has 0 bridgehead atoms. The molecule has 0 aliphatic rings. The van der Waals surface area contributed by atoms with E-state index in [1.54, 1.807) is 48.5 Å². The minimum atomic E-state index is -3.86. The van der Waals surface area contributed by atoms with E-state index >= 15 is 0 Å². The molecular formula is C22H20O4S. The standard InChI is InChI=1S/C22H20O4S/c1-17-7-14-21(15-8-17)27(24,25)26-20-12-9-18(10-13-20)11-16-22(23)19-5-3-2-4-6-19/h2-10,12-15H,11,16H2,1H3. The quantitative estimate of drug-likeness (QED) is 0.445. The van der Waals surface area contributed by atoms with Gasteiger partial charge in [-0.25, -0.2) is 0 Å². The minimum absolute atomic E-state index is 0.0814. The summed E-state index contributed by atoms with van der Waals surface area (Å²) in [4.78, 5) is 12.3. The van der Waals surface area contributed by atoms with Gasteiger partial charge in [-0.1, -0.05) is 60.2 Å². The van der Waals surface area contributed by atoms with Crippen LogP contribution in [0.25, 0.3) is 0 Å². The van der Waals surface area contributed by atoms with Crippen LogP contribution in [0.3, 0.4) is 0 Å². The van der Waals surface area contributed by atoms with Crippen molar-refractivity contribution in [2.45, 2.75) is 24.7 Å². The molecule has 0 radical (unpaired) electrons. The maximum atomic E-state index is 12.3. The molecule has 0 amide bonds. The van der Waals surface area contributed by atoms with Crippen molar-refractivity contribution >= 4 is 15.9 Å². The van der Waals surface area contributed by atoms with E-state index in [-0.39, 0.29) is 16.4 Å². The van der Waals surface area contributed by atoms with Gasteiger partial charge >= 0.3 is 10.1 Å². The van der Waals surface area contributed by atoms with Gasteiger partial charge in [0.05, 0.1) is 0 Å². The number of carbonyl (C=O) groups excluding carboxylic acids is 1. The summed E-state index contributed by atoms with van der Waals surface area (Å²) in [6.07, 6.45) is 0.977. The molecule has 5 heteroatoms. The molecular weight excluding hydrogens is 360 g/mol. The first-order valence-electron chi connectivity index (χ1n) is 8.62. The molecule has 0 saturated heterocycles. The molecule has 0 aliphatic heterocycles. The molecule has 27 heavy (non-hydrogen) atoms. The van der Waals surface area contributed by atoms with Crippen LogP contribution in [0.2, 0.25) is 0 Å². The number of hydrogen-bond donors (Lipinski definition) is 0. The van der Waals surface area contributed by atoms with Crippen LogP contribution in [0.15, 0.2) is 83.8 Å². The van der Waals surface area contributed by atoms with Crippen molar-refractivity contribution in [3.8, 4) is 5.75 Å². The molecule has 0 aromatic heterocycles. The molecule has 0 saturated carbocycles. The molecule has 0 atom stereocenters. The average Bonchev–Trinajstić information content (AvgIpc) is 2.68. The lowest BCUT2D eigenvalue weighted by Gasteiger charge is -2.08. The van der Waals surface area contributed by atoms with E-state index in [1.165, 1.54) is 12.1 Å². The number of ketones is 1. The Bertz CT molecular complexity index is 1010. The Hall–Kier alpha value is -2.92. The van der Waals surface area contributed by atoms with Crippen molar-refractivity contribution < 1.29 is 17.4 Å². The van der Waals surface area contributed by atoms with Crippen LogP contribution in [0.1, 0.15) is 27.9 Å². The van der Waals surface area contributed by atoms with Crippen molar-refractivity contribution in [1.29, 1.82) is 0 Å². The van der Waals surface area contributed by atoms with E-state index in [4.69, 9.17) is 4.18 Å². The van der Waals surface area contributed by atoms with Crippen LogP contribution in [-0.2, 0) is 16.5 Å². The van der Waals surface area contributed by atoms with Crippen LogP contribution < -0.4 is 4.18 Å². The first-order valence-corrected chi connectivity index (χ1v) is 10.0. The zero-order valence-corrected chi connectivity index (χ0v) is 15.8. The number of rotatable bonds is 7. The van der Waals surface area contributed by atoms with Crippen LogP contribution in [-0.4, -0.2) is 14.2 Å². The molecule has 0 fully saturated rings. The van der Waals surface area contributed by atoms with Gasteiger partial charge in [0.1, 0.15) is 10.6 Å². The Balaban J connectivity index is 1.61. The lowest BCUT2D eigenvalue weighted by atomic mass is 10.0. The van der Waals surface area contributed by atoms with Gasteiger partial charge < -0.3 is 4.18 Å². The normalized spacial score (nSPS) is 11.1. The maximum absolute atomic E-state index is 12.3. The predicted octanol–water partition coefficient (Wildman–Crippen LogP) is 4.58. The topological polar surface area (TPSA) is 60.4 Å². The zero-order valence-electron chi connectivity index (χ0n) is 15.0. The van der Waals surface area contributed by atoms with E-state index < -0.39 is 10.1 Å². The van der Waals surface area contributed by atoms with Crippen LogP contribution in [0, 0.1) is 6.92 Å². The van der Waals surface area contributed by atoms with E-state index in [9.17, 15) is 13.2 Å². The second kappa shape index (κ2) is 8.18. The molecule has 138 valence electrons. The van der Waals surface area contributed by atoms with Crippen LogP contribution >= 0.6 is 0 Å². The maximum Gasteiger partial charge on any atom is 0.339 e. The molecule has 0 spiro atoms. The summed E-state index contributed by atoms with van der Waals surface area (Å²) in [5, 5.41) is 0. The molecule has 3 aromatic rings. The largest absolute Gasteiger partial charge is 0.379 e. The van der Waals surface area contributed by atoms with Gasteiger partial charge in [-0.15, -0.1) is 0 Å². The third-order valence-corrected chi connectivity index (χ3v) is 5.44. The van der Waals surface area contributed by atoms with Crippen molar-refractivity contribution in [1.82, 2.24) is 0 Å². The van der Waals surface area contributed by atoms with Gasteiger partial charge in [-0.2, -0.15) is 8.42 Å². The fraction of sp³-hybridized carbons (Fsp3) is 0.136. The fourth-order valence-electron chi connectivity index (χ4n) is 2.62. The molecule has 3 aromatic carbocycles. The van der Waals surface area contributed by atoms with E-state index in [1.807, 2.05) is 25.1 Å². The Labute approximate surface area is 159 Å². The van der Waals surface area contributed by atoms with Crippen molar-refractivity contribution in [3.05, 3.63) is 95.6 Å². The van der Waals surface area contributed by atoms with E-state index in [0.29, 0.717) is 18.4 Å². The highest BCUT2D eigenvalue weighted by atomic mass is 32.2. The highest BCUT2D eigenvalue weighted by molar-refractivity contribution is 7.87. The Morgan fingerprint density at radius 1 is 0.852 bits per heavy atom. The fourth-order valence-corrected chi connectivity index (χ4v) is 3.55. The molecule has 0 unspecified atom stereocenters. The lowest BCUT2D eigenvalue weighted by molar-refractivity contribution is 0.0983. The van der Waals surface area contributed by atoms with Gasteiger partial charge in [0.15, 0.2) is 5.78 Å². The smallest absolute Gasteiger partial charge is 0.339 e. The second-order valence-electron chi connectivity index (χ2n) is 6.28. The van der Waals surface area contributed by atoms with Crippen LogP contribution in [0.5, 0.6) is 5.75 Å². The van der Waals surface area contributed by atoms with Gasteiger partial charge in [0.2, 0.25) is 0 Å². The summed E-state index contributed by atoms with van der Waals surface area (Å²) < 4.78 is 29.8. The second-order valence-corrected chi connectivity index (χ2v) is 7.83. The first kappa shape index (κ1) is 18.9. The summed E-state index contributed by atoms with van der Waals surface area (Å²) in [5.41, 5.74) is 2.62. The Morgan fingerprint density at radius 3 is 2.11 bits per heavy atom. The summed E-state index contributed by atoms with van der Waals surface area (Å²) in [6.45, 7) is 1.89. The number of Topliss-reactive ketones (excluding diaryl/α,β-unsaturated/α-hetero) is 1. The minimum Gasteiger partial charge on any atom is -0.379 e. The van der Waals surface area contributed by atoms with Crippen molar-refractivity contribution in [3.63, 3.8) is 0 Å². The highest BCUT2D eigenvalue weighted by Gasteiger charge is 2.16. The molecule has 0 aliphatic carbocycles. The monoisotopic (exact) mass is 380 g/mol. The molecule has 4 nitrogen and oxygen atoms in total. The van der Waals surface area contributed by atoms with Crippen molar-refractivity contribution in [2.75, 3.05) is 0 Å². The Kier molecular flexibility index (Phi) is 5.72. The first-order chi connectivity index (χ1) is 12.9. The number of carbonyl (C=O) groups is 1. The summed E-state index contributed by atoms with van der Waals surface area (Å²) >= 11 is 0. The number of hydrogen-bond acceptors (Lipinski definition) is 4. The van der Waals surface area contributed by atoms with Gasteiger partial charge in [-0.05, 0) is 43.2 Å². The highest BCUT2D eigenvalue weighted by Crippen LogP contribution is 2.20. The lowest BCUT2D eigenvalue weighted by Crippen LogP contribution is -2.09. The summed E-state index contributed by atoms with van der Waals surface area (Å²) in [6, 6.07) is 22.4. The predicted molar refractivity (Wildman–Crippen MR) is 105 cm³/mol. The average molecular weight is 380 g/mol. The number of benzene rings is 3. The van der Waals surface area contributed by atoms with E-state index in [0.717, 1.165) is 11.1 Å². The van der Waals surface area contributed by atoms with E-state index in [2.05, 4.69) is 0 Å². The molecule has 0 N–H and O–H groups in total. The third-order valence-electron chi connectivity index (χ3n) is 4.18. The Morgan fingerprint density at radius 2 is 1.48 bits per heavy atom. The zero-order chi connectivity index (χ0) is 19.3. The summed E-state index contributed by atoms with van der Waals surface area (Å²) in [5.74, 6) is 0.326. The SMILES string of the molecule is Cc1ccc(S(=O)(=O)Oc2ccc(CCC(=O)c3ccccc3)cc2)cc1. The molecule has 3 rings (SSSR count). The van der Waals surface area contributed by atoms with Gasteiger partial charge in [0, 0.05) is 12.0 Å². The van der Waals surface area contributed by atoms with Crippen molar-refractivity contribution in [2.24, 2.45) is 0 Å². The van der Waals surface area contributed by atoms with Crippen LogP contribution in [0.4, 0.5) is 0 Å². The third kappa shape index (κ3) is 5.05.